The Morgan fingerprint density at radius 3 is 2.47 bits per heavy atom. The van der Waals surface area contributed by atoms with E-state index in [4.69, 9.17) is 0 Å². The molecule has 15 heavy (non-hydrogen) atoms. The maximum atomic E-state index is 11.6. The molecule has 0 aliphatic heterocycles. The van der Waals surface area contributed by atoms with Gasteiger partial charge in [-0.25, -0.2) is 8.42 Å². The van der Waals surface area contributed by atoms with Gasteiger partial charge in [0.2, 0.25) is 0 Å². The first-order chi connectivity index (χ1) is 7.13. The molecular formula is C11H14O2S2. The van der Waals surface area contributed by atoms with Crippen LogP contribution in [-0.4, -0.2) is 13.5 Å². The molecule has 0 aromatic heterocycles. The molecule has 1 aromatic rings. The summed E-state index contributed by atoms with van der Waals surface area (Å²) in [5, 5.41) is -0.119. The van der Waals surface area contributed by atoms with Gasteiger partial charge >= 0.3 is 0 Å². The number of fused-ring (bicyclic) bond motifs is 1. The van der Waals surface area contributed by atoms with E-state index in [1.807, 2.05) is 12.1 Å². The van der Waals surface area contributed by atoms with Crippen molar-refractivity contribution in [1.29, 1.82) is 0 Å². The third-order valence-electron chi connectivity index (χ3n) is 2.85. The topological polar surface area (TPSA) is 34.1 Å². The Labute approximate surface area is 96.0 Å². The number of benzene rings is 1. The van der Waals surface area contributed by atoms with Crippen LogP contribution in [0.2, 0.25) is 0 Å². The second-order valence-electron chi connectivity index (χ2n) is 3.88. The summed E-state index contributed by atoms with van der Waals surface area (Å²) < 4.78 is 23.2. The van der Waals surface area contributed by atoms with Gasteiger partial charge < -0.3 is 0 Å². The molecule has 0 fully saturated rings. The lowest BCUT2D eigenvalue weighted by Crippen LogP contribution is -2.07. The lowest BCUT2D eigenvalue weighted by molar-refractivity contribution is 0.600. The lowest BCUT2D eigenvalue weighted by Gasteiger charge is -2.16. The molecule has 1 aliphatic carbocycles. The molecule has 0 bridgehead atoms. The second kappa shape index (κ2) is 4.18. The van der Waals surface area contributed by atoms with E-state index in [0.717, 1.165) is 19.3 Å². The SMILES string of the molecule is O=S(=O)(CS)c1ccc2c(c1)CCCC2. The molecule has 0 N–H and O–H groups in total. The van der Waals surface area contributed by atoms with Crippen LogP contribution in [0.15, 0.2) is 23.1 Å². The fraction of sp³-hybridized carbons (Fsp3) is 0.455. The largest absolute Gasteiger partial charge is 0.223 e. The Morgan fingerprint density at radius 2 is 1.80 bits per heavy atom. The van der Waals surface area contributed by atoms with Gasteiger partial charge in [0.15, 0.2) is 9.84 Å². The molecule has 0 saturated heterocycles. The maximum absolute atomic E-state index is 11.6. The van der Waals surface area contributed by atoms with Gasteiger partial charge in [-0.05, 0) is 48.9 Å². The number of hydrogen-bond donors (Lipinski definition) is 1. The van der Waals surface area contributed by atoms with Crippen molar-refractivity contribution in [3.8, 4) is 0 Å². The molecule has 1 aliphatic rings. The van der Waals surface area contributed by atoms with Gasteiger partial charge in [-0.1, -0.05) is 6.07 Å². The average molecular weight is 242 g/mol. The van der Waals surface area contributed by atoms with Crippen molar-refractivity contribution in [3.05, 3.63) is 29.3 Å². The van der Waals surface area contributed by atoms with Gasteiger partial charge in [-0.15, -0.1) is 0 Å². The predicted octanol–water partition coefficient (Wildman–Crippen LogP) is 2.23. The van der Waals surface area contributed by atoms with Crippen LogP contribution in [0, 0.1) is 0 Å². The van der Waals surface area contributed by atoms with Crippen LogP contribution >= 0.6 is 12.6 Å². The molecule has 0 spiro atoms. The third-order valence-corrected chi connectivity index (χ3v) is 5.18. The highest BCUT2D eigenvalue weighted by Gasteiger charge is 2.15. The molecule has 2 nitrogen and oxygen atoms in total. The van der Waals surface area contributed by atoms with Gasteiger partial charge in [0.05, 0.1) is 9.98 Å². The predicted molar refractivity (Wildman–Crippen MR) is 64.1 cm³/mol. The summed E-state index contributed by atoms with van der Waals surface area (Å²) in [4.78, 5) is 0.415. The van der Waals surface area contributed by atoms with E-state index in [9.17, 15) is 8.42 Å². The van der Waals surface area contributed by atoms with E-state index in [0.29, 0.717) is 4.90 Å². The lowest BCUT2D eigenvalue weighted by atomic mass is 9.92. The van der Waals surface area contributed by atoms with E-state index in [-0.39, 0.29) is 5.08 Å². The van der Waals surface area contributed by atoms with Crippen LogP contribution in [-0.2, 0) is 22.7 Å². The Kier molecular flexibility index (Phi) is 3.07. The standard InChI is InChI=1S/C11H14O2S2/c12-15(13,8-14)11-6-5-9-3-1-2-4-10(9)7-11/h5-7,14H,1-4,8H2. The molecule has 0 unspecified atom stereocenters. The molecular weight excluding hydrogens is 228 g/mol. The zero-order chi connectivity index (χ0) is 10.9. The first kappa shape index (κ1) is 11.0. The summed E-state index contributed by atoms with van der Waals surface area (Å²) >= 11 is 3.85. The third kappa shape index (κ3) is 2.21. The second-order valence-corrected chi connectivity index (χ2v) is 6.62. The van der Waals surface area contributed by atoms with Crippen molar-refractivity contribution in [2.45, 2.75) is 30.6 Å². The van der Waals surface area contributed by atoms with Gasteiger partial charge in [-0.3, -0.25) is 0 Å². The Hall–Kier alpha value is -0.480. The van der Waals surface area contributed by atoms with E-state index in [2.05, 4.69) is 12.6 Å². The monoisotopic (exact) mass is 242 g/mol. The molecule has 2 rings (SSSR count). The minimum absolute atomic E-state index is 0.119. The van der Waals surface area contributed by atoms with Crippen LogP contribution in [0.1, 0.15) is 24.0 Å². The van der Waals surface area contributed by atoms with Crippen LogP contribution in [0.25, 0.3) is 0 Å². The summed E-state index contributed by atoms with van der Waals surface area (Å²) in [5.41, 5.74) is 2.50. The van der Waals surface area contributed by atoms with E-state index < -0.39 is 9.84 Å². The summed E-state index contributed by atoms with van der Waals surface area (Å²) in [5.74, 6) is 0. The first-order valence-corrected chi connectivity index (χ1v) is 7.37. The van der Waals surface area contributed by atoms with Crippen LogP contribution < -0.4 is 0 Å². The summed E-state index contributed by atoms with van der Waals surface area (Å²) in [6.45, 7) is 0. The highest BCUT2D eigenvalue weighted by molar-refractivity contribution is 8.03. The number of thiol groups is 1. The van der Waals surface area contributed by atoms with Gasteiger partial charge in [0, 0.05) is 0 Å². The Bertz CT molecular complexity index is 463. The highest BCUT2D eigenvalue weighted by atomic mass is 32.2. The molecule has 0 radical (unpaired) electrons. The molecule has 0 amide bonds. The van der Waals surface area contributed by atoms with Crippen LogP contribution in [0.3, 0.4) is 0 Å². The van der Waals surface area contributed by atoms with Crippen molar-refractivity contribution in [3.63, 3.8) is 0 Å². The van der Waals surface area contributed by atoms with Crippen molar-refractivity contribution in [1.82, 2.24) is 0 Å². The van der Waals surface area contributed by atoms with Gasteiger partial charge in [0.25, 0.3) is 0 Å². The molecule has 0 atom stereocenters. The minimum Gasteiger partial charge on any atom is -0.223 e. The summed E-state index contributed by atoms with van der Waals surface area (Å²) in [6, 6.07) is 5.47. The maximum Gasteiger partial charge on any atom is 0.187 e. The zero-order valence-corrected chi connectivity index (χ0v) is 10.2. The average Bonchev–Trinajstić information content (AvgIpc) is 2.28. The highest BCUT2D eigenvalue weighted by Crippen LogP contribution is 2.24. The fourth-order valence-corrected chi connectivity index (χ4v) is 3.17. The Morgan fingerprint density at radius 1 is 1.13 bits per heavy atom. The minimum atomic E-state index is -3.17. The fourth-order valence-electron chi connectivity index (χ4n) is 1.98. The van der Waals surface area contributed by atoms with Gasteiger partial charge in [0.1, 0.15) is 0 Å². The normalized spacial score (nSPS) is 16.1. The zero-order valence-electron chi connectivity index (χ0n) is 8.44. The van der Waals surface area contributed by atoms with E-state index in [1.165, 1.54) is 17.5 Å². The van der Waals surface area contributed by atoms with Crippen molar-refractivity contribution >= 4 is 22.5 Å². The molecule has 0 saturated carbocycles. The van der Waals surface area contributed by atoms with E-state index >= 15 is 0 Å². The first-order valence-electron chi connectivity index (χ1n) is 5.09. The summed E-state index contributed by atoms with van der Waals surface area (Å²) in [7, 11) is -3.17. The van der Waals surface area contributed by atoms with Crippen LogP contribution in [0.4, 0.5) is 0 Å². The number of sulfone groups is 1. The smallest absolute Gasteiger partial charge is 0.187 e. The molecule has 1 aromatic carbocycles. The van der Waals surface area contributed by atoms with Crippen molar-refractivity contribution in [2.24, 2.45) is 0 Å². The van der Waals surface area contributed by atoms with E-state index in [1.54, 1.807) is 6.07 Å². The molecule has 0 heterocycles. The van der Waals surface area contributed by atoms with Crippen LogP contribution in [0.5, 0.6) is 0 Å². The van der Waals surface area contributed by atoms with Crippen molar-refractivity contribution in [2.75, 3.05) is 5.08 Å². The van der Waals surface area contributed by atoms with Crippen molar-refractivity contribution < 1.29 is 8.42 Å². The number of hydrogen-bond acceptors (Lipinski definition) is 3. The summed E-state index contributed by atoms with van der Waals surface area (Å²) in [6.07, 6.45) is 4.46. The van der Waals surface area contributed by atoms with Gasteiger partial charge in [-0.2, -0.15) is 12.6 Å². The number of rotatable bonds is 2. The number of aryl methyl sites for hydroxylation is 2. The Balaban J connectivity index is 2.45. The molecule has 4 heteroatoms. The molecule has 82 valence electrons. The quantitative estimate of drug-likeness (QED) is 0.807.